The topological polar surface area (TPSA) is 96.9 Å². The number of piperazine rings is 2. The summed E-state index contributed by atoms with van der Waals surface area (Å²) in [5.41, 5.74) is 1.56. The molecule has 9 nitrogen and oxygen atoms in total. The van der Waals surface area contributed by atoms with Crippen LogP contribution in [0.5, 0.6) is 5.75 Å². The van der Waals surface area contributed by atoms with E-state index in [2.05, 4.69) is 39.6 Å². The minimum atomic E-state index is -0.693. The maximum atomic E-state index is 13.8. The predicted octanol–water partition coefficient (Wildman–Crippen LogP) is 1.71. The van der Waals surface area contributed by atoms with Crippen LogP contribution in [-0.4, -0.2) is 88.5 Å². The minimum absolute atomic E-state index is 0.0897. The van der Waals surface area contributed by atoms with Crippen LogP contribution < -0.4 is 15.5 Å². The second-order valence-corrected chi connectivity index (χ2v) is 8.82. The molecule has 170 valence electrons. The SMILES string of the molecule is C[C@@H]1CNC[C@H](C)N1C(=O)N1CCN2c3cc(-c4cccc(F)c4O)nnc3NC[C@H]2C1. The van der Waals surface area contributed by atoms with E-state index >= 15 is 0 Å². The fourth-order valence-corrected chi connectivity index (χ4v) is 4.99. The van der Waals surface area contributed by atoms with Gasteiger partial charge in [0.1, 0.15) is 0 Å². The monoisotopic (exact) mass is 441 g/mol. The molecule has 2 amide bonds. The highest BCUT2D eigenvalue weighted by Crippen LogP contribution is 2.37. The molecular weight excluding hydrogens is 413 g/mol. The van der Waals surface area contributed by atoms with Gasteiger partial charge < -0.3 is 30.4 Å². The number of phenolic OH excluding ortho intramolecular Hbond substituents is 1. The number of phenols is 1. The van der Waals surface area contributed by atoms with Crippen molar-refractivity contribution >= 4 is 17.5 Å². The van der Waals surface area contributed by atoms with Gasteiger partial charge in [0.05, 0.1) is 17.4 Å². The molecule has 4 heterocycles. The Morgan fingerprint density at radius 2 is 1.94 bits per heavy atom. The number of nitrogens with one attached hydrogen (secondary N) is 2. The summed E-state index contributed by atoms with van der Waals surface area (Å²) in [7, 11) is 0. The van der Waals surface area contributed by atoms with Crippen molar-refractivity contribution in [3.8, 4) is 17.0 Å². The van der Waals surface area contributed by atoms with Crippen LogP contribution in [0.2, 0.25) is 0 Å². The van der Waals surface area contributed by atoms with E-state index in [1.807, 2.05) is 15.9 Å². The highest BCUT2D eigenvalue weighted by molar-refractivity contribution is 5.78. The summed E-state index contributed by atoms with van der Waals surface area (Å²) in [5, 5.41) is 25.3. The standard InChI is InChI=1S/C22H28FN7O2/c1-13-9-24-10-14(2)30(13)22(32)28-6-7-29-15(12-28)11-25-21-19(29)8-18(26-27-21)16-4-3-5-17(23)20(16)31/h3-5,8,13-15,24,31H,6-7,9-12H2,1-2H3,(H,25,27)/t13-,14+,15-/m0/s1. The van der Waals surface area contributed by atoms with E-state index in [4.69, 9.17) is 0 Å². The third-order valence-corrected chi connectivity index (χ3v) is 6.65. The van der Waals surface area contributed by atoms with Crippen LogP contribution >= 0.6 is 0 Å². The first-order valence-electron chi connectivity index (χ1n) is 11.1. The lowest BCUT2D eigenvalue weighted by Gasteiger charge is -2.48. The third kappa shape index (κ3) is 3.48. The number of hydrogen-bond donors (Lipinski definition) is 3. The second-order valence-electron chi connectivity index (χ2n) is 8.82. The number of anilines is 2. The van der Waals surface area contributed by atoms with Crippen molar-refractivity contribution in [1.29, 1.82) is 0 Å². The molecule has 32 heavy (non-hydrogen) atoms. The molecular formula is C22H28FN7O2. The second kappa shape index (κ2) is 8.09. The number of aromatic nitrogens is 2. The number of para-hydroxylation sites is 1. The first-order chi connectivity index (χ1) is 15.4. The Balaban J connectivity index is 1.37. The van der Waals surface area contributed by atoms with E-state index < -0.39 is 11.6 Å². The lowest BCUT2D eigenvalue weighted by molar-refractivity contribution is 0.0939. The fourth-order valence-electron chi connectivity index (χ4n) is 4.99. The van der Waals surface area contributed by atoms with Crippen LogP contribution in [-0.2, 0) is 0 Å². The number of rotatable bonds is 1. The largest absolute Gasteiger partial charge is 0.504 e. The summed E-state index contributed by atoms with van der Waals surface area (Å²) >= 11 is 0. The molecule has 3 atom stereocenters. The van der Waals surface area contributed by atoms with Gasteiger partial charge in [-0.3, -0.25) is 0 Å². The smallest absolute Gasteiger partial charge is 0.320 e. The van der Waals surface area contributed by atoms with Gasteiger partial charge in [-0.15, -0.1) is 10.2 Å². The Hall–Kier alpha value is -3.14. The van der Waals surface area contributed by atoms with E-state index in [0.29, 0.717) is 43.3 Å². The molecule has 1 aromatic carbocycles. The first-order valence-corrected chi connectivity index (χ1v) is 11.1. The van der Waals surface area contributed by atoms with Gasteiger partial charge in [0, 0.05) is 56.9 Å². The lowest BCUT2D eigenvalue weighted by atomic mass is 10.1. The Morgan fingerprint density at radius 1 is 1.16 bits per heavy atom. The third-order valence-electron chi connectivity index (χ3n) is 6.65. The van der Waals surface area contributed by atoms with Crippen molar-refractivity contribution in [2.75, 3.05) is 49.5 Å². The summed E-state index contributed by atoms with van der Waals surface area (Å²) < 4.78 is 13.8. The van der Waals surface area contributed by atoms with Crippen LogP contribution in [0, 0.1) is 5.82 Å². The first kappa shape index (κ1) is 20.7. The van der Waals surface area contributed by atoms with Gasteiger partial charge in [-0.1, -0.05) is 6.07 Å². The number of benzene rings is 1. The molecule has 2 aromatic rings. The number of hydrogen-bond acceptors (Lipinski definition) is 7. The van der Waals surface area contributed by atoms with Crippen molar-refractivity contribution in [3.63, 3.8) is 0 Å². The molecule has 2 fully saturated rings. The summed E-state index contributed by atoms with van der Waals surface area (Å²) in [6.45, 7) is 8.32. The van der Waals surface area contributed by atoms with E-state index in [9.17, 15) is 14.3 Å². The Bertz CT molecular complexity index is 1030. The highest BCUT2D eigenvalue weighted by atomic mass is 19.1. The van der Waals surface area contributed by atoms with Gasteiger partial charge in [0.15, 0.2) is 17.4 Å². The Kier molecular flexibility index (Phi) is 5.24. The van der Waals surface area contributed by atoms with Crippen LogP contribution in [0.4, 0.5) is 20.7 Å². The molecule has 0 bridgehead atoms. The van der Waals surface area contributed by atoms with E-state index in [1.54, 1.807) is 6.07 Å². The summed E-state index contributed by atoms with van der Waals surface area (Å²) in [5.74, 6) is -0.469. The minimum Gasteiger partial charge on any atom is -0.504 e. The molecule has 0 unspecified atom stereocenters. The number of halogens is 1. The number of nitrogens with zero attached hydrogens (tertiary/aromatic N) is 5. The van der Waals surface area contributed by atoms with Crippen molar-refractivity contribution < 1.29 is 14.3 Å². The highest BCUT2D eigenvalue weighted by Gasteiger charge is 2.38. The van der Waals surface area contributed by atoms with Crippen LogP contribution in [0.1, 0.15) is 13.8 Å². The average Bonchev–Trinajstić information content (AvgIpc) is 2.80. The van der Waals surface area contributed by atoms with Crippen molar-refractivity contribution in [2.24, 2.45) is 0 Å². The zero-order valence-electron chi connectivity index (χ0n) is 18.3. The molecule has 0 aliphatic carbocycles. The number of aromatic hydroxyl groups is 1. The summed E-state index contributed by atoms with van der Waals surface area (Å²) in [4.78, 5) is 19.5. The van der Waals surface area contributed by atoms with Gasteiger partial charge in [-0.05, 0) is 32.0 Å². The molecule has 3 aliphatic rings. The molecule has 0 spiro atoms. The number of carbonyl (C=O) groups is 1. The Morgan fingerprint density at radius 3 is 2.72 bits per heavy atom. The maximum absolute atomic E-state index is 13.8. The normalized spacial score (nSPS) is 25.1. The fraction of sp³-hybridized carbons (Fsp3) is 0.500. The van der Waals surface area contributed by atoms with Crippen LogP contribution in [0.3, 0.4) is 0 Å². The van der Waals surface area contributed by atoms with E-state index in [1.165, 1.54) is 12.1 Å². The summed E-state index contributed by atoms with van der Waals surface area (Å²) in [6.07, 6.45) is 0. The zero-order valence-corrected chi connectivity index (χ0v) is 18.3. The van der Waals surface area contributed by atoms with E-state index in [-0.39, 0.29) is 24.2 Å². The van der Waals surface area contributed by atoms with Crippen LogP contribution in [0.15, 0.2) is 24.3 Å². The van der Waals surface area contributed by atoms with Crippen molar-refractivity contribution in [1.82, 2.24) is 25.3 Å². The molecule has 0 radical (unpaired) electrons. The van der Waals surface area contributed by atoms with Gasteiger partial charge >= 0.3 is 6.03 Å². The quantitative estimate of drug-likeness (QED) is 0.620. The lowest BCUT2D eigenvalue weighted by Crippen LogP contribution is -2.65. The van der Waals surface area contributed by atoms with Crippen LogP contribution in [0.25, 0.3) is 11.3 Å². The molecule has 10 heteroatoms. The zero-order chi connectivity index (χ0) is 22.4. The number of carbonyl (C=O) groups excluding carboxylic acids is 1. The van der Waals surface area contributed by atoms with Gasteiger partial charge in [0.25, 0.3) is 0 Å². The molecule has 3 aliphatic heterocycles. The van der Waals surface area contributed by atoms with Crippen molar-refractivity contribution in [2.45, 2.75) is 32.0 Å². The van der Waals surface area contributed by atoms with E-state index in [0.717, 1.165) is 18.8 Å². The number of urea groups is 1. The van der Waals surface area contributed by atoms with Crippen molar-refractivity contribution in [3.05, 3.63) is 30.1 Å². The predicted molar refractivity (Wildman–Crippen MR) is 119 cm³/mol. The molecule has 2 saturated heterocycles. The van der Waals surface area contributed by atoms with Gasteiger partial charge in [-0.2, -0.15) is 0 Å². The van der Waals surface area contributed by atoms with Gasteiger partial charge in [-0.25, -0.2) is 9.18 Å². The number of fused-ring (bicyclic) bond motifs is 3. The maximum Gasteiger partial charge on any atom is 0.320 e. The molecule has 5 rings (SSSR count). The Labute approximate surface area is 186 Å². The molecule has 0 saturated carbocycles. The number of amides is 2. The molecule has 1 aromatic heterocycles. The summed E-state index contributed by atoms with van der Waals surface area (Å²) in [6, 6.07) is 6.69. The molecule has 3 N–H and O–H groups in total. The van der Waals surface area contributed by atoms with Gasteiger partial charge in [0.2, 0.25) is 0 Å². The average molecular weight is 442 g/mol.